The number of carboxylic acid groups (broad SMARTS) is 1. The zero-order valence-corrected chi connectivity index (χ0v) is 25.7. The maximum Gasteiger partial charge on any atom is 0.435 e. The lowest BCUT2D eigenvalue weighted by Gasteiger charge is -2.25. The fourth-order valence-corrected chi connectivity index (χ4v) is 5.54. The molecule has 2 aliphatic rings. The number of hydrogen-bond donors (Lipinski definition) is 3. The molecule has 0 spiro atoms. The Balaban J connectivity index is 1.42. The first-order valence-corrected chi connectivity index (χ1v) is 14.9. The Morgan fingerprint density at radius 2 is 2.00 bits per heavy atom. The number of nitrogens with zero attached hydrogens (tertiary/aromatic N) is 4. The van der Waals surface area contributed by atoms with E-state index < -0.39 is 41.4 Å². The highest BCUT2D eigenvalue weighted by atomic mass is 35.5. The summed E-state index contributed by atoms with van der Waals surface area (Å²) in [6, 6.07) is 3.67. The van der Waals surface area contributed by atoms with Gasteiger partial charge in [0.1, 0.15) is 28.1 Å². The van der Waals surface area contributed by atoms with Crippen LogP contribution in [0, 0.1) is 5.92 Å². The minimum absolute atomic E-state index is 0.0324. The molecule has 16 heteroatoms. The van der Waals surface area contributed by atoms with E-state index in [1.54, 1.807) is 19.2 Å². The number of hydrogen-bond acceptors (Lipinski definition) is 7. The van der Waals surface area contributed by atoms with Gasteiger partial charge in [-0.15, -0.1) is 0 Å². The number of pyridine rings is 1. The Hall–Kier alpha value is -4.53. The predicted octanol–water partition coefficient (Wildman–Crippen LogP) is 4.58. The summed E-state index contributed by atoms with van der Waals surface area (Å²) in [4.78, 5) is 44.4. The molecule has 0 saturated heterocycles. The van der Waals surface area contributed by atoms with Crippen LogP contribution in [-0.2, 0) is 15.8 Å². The first-order chi connectivity index (χ1) is 21.8. The number of carbonyl (C=O) groups excluding carboxylic acids is 2. The standard InChI is InChI=1S/C30H32ClF3N6O6/c1-39-12-6-4-3-5-7-17-16-29(17,27(42)43)37-26(41)19(35-28(39)44)11-14-46-21-15-23(40-13-10-22(38-40)30(32,33)34)36-25-18(21)8-9-20(45-2)24(25)31/h5,7-10,13,15,17,19H,3-4,6,11-12,14,16H2,1-2H3,(H,35,44)(H,37,41)(H,42,43)/b7-5-. The fraction of sp³-hybridized carbons (Fsp3) is 0.433. The molecule has 2 aromatic heterocycles. The number of urea groups is 1. The molecule has 5 rings (SSSR count). The number of carboxylic acids is 1. The summed E-state index contributed by atoms with van der Waals surface area (Å²) in [5, 5.41) is 19.3. The van der Waals surface area contributed by atoms with Crippen LogP contribution < -0.4 is 20.1 Å². The fourth-order valence-electron chi connectivity index (χ4n) is 5.25. The number of nitrogens with one attached hydrogen (secondary N) is 2. The number of benzene rings is 1. The predicted molar refractivity (Wildman–Crippen MR) is 160 cm³/mol. The van der Waals surface area contributed by atoms with Gasteiger partial charge in [0.15, 0.2) is 11.5 Å². The van der Waals surface area contributed by atoms with Crippen molar-refractivity contribution in [3.63, 3.8) is 0 Å². The van der Waals surface area contributed by atoms with Crippen molar-refractivity contribution in [2.45, 2.75) is 49.9 Å². The number of fused-ring (bicyclic) bond motifs is 2. The van der Waals surface area contributed by atoms with E-state index in [4.69, 9.17) is 21.1 Å². The first kappa shape index (κ1) is 32.9. The minimum Gasteiger partial charge on any atom is -0.495 e. The zero-order valence-electron chi connectivity index (χ0n) is 24.9. The van der Waals surface area contributed by atoms with E-state index in [2.05, 4.69) is 20.7 Å². The van der Waals surface area contributed by atoms with Gasteiger partial charge in [0.25, 0.3) is 0 Å². The number of amides is 3. The molecular weight excluding hydrogens is 633 g/mol. The maximum absolute atomic E-state index is 13.4. The van der Waals surface area contributed by atoms with Crippen molar-refractivity contribution in [2.75, 3.05) is 27.3 Å². The van der Waals surface area contributed by atoms with Crippen molar-refractivity contribution in [3.05, 3.63) is 53.3 Å². The van der Waals surface area contributed by atoms with Gasteiger partial charge < -0.3 is 30.1 Å². The number of halogens is 4. The van der Waals surface area contributed by atoms with E-state index in [0.717, 1.165) is 29.8 Å². The van der Waals surface area contributed by atoms with Crippen LogP contribution in [0.4, 0.5) is 18.0 Å². The van der Waals surface area contributed by atoms with Gasteiger partial charge in [-0.05, 0) is 43.9 Å². The third kappa shape index (κ3) is 6.83. The van der Waals surface area contributed by atoms with E-state index in [-0.39, 0.29) is 53.2 Å². The summed E-state index contributed by atoms with van der Waals surface area (Å²) in [6.07, 6.45) is 2.52. The van der Waals surface area contributed by atoms with Crippen LogP contribution in [0.2, 0.25) is 5.02 Å². The molecule has 1 saturated carbocycles. The third-order valence-corrected chi connectivity index (χ3v) is 8.38. The summed E-state index contributed by atoms with van der Waals surface area (Å²) in [5.41, 5.74) is -2.43. The molecule has 3 unspecified atom stereocenters. The molecule has 3 N–H and O–H groups in total. The van der Waals surface area contributed by atoms with Crippen LogP contribution in [0.5, 0.6) is 11.5 Å². The van der Waals surface area contributed by atoms with Crippen molar-refractivity contribution in [1.29, 1.82) is 0 Å². The molecule has 1 aliphatic carbocycles. The van der Waals surface area contributed by atoms with E-state index >= 15 is 0 Å². The summed E-state index contributed by atoms with van der Waals surface area (Å²) in [6.45, 7) is 0.285. The number of allylic oxidation sites excluding steroid dienone is 1. The number of ether oxygens (including phenoxy) is 2. The number of alkyl halides is 3. The molecule has 246 valence electrons. The SMILES string of the molecule is COc1ccc2c(OCCC3NC(=O)N(C)CCCC/C=C\C4CC4(C(=O)O)NC3=O)cc(-n3ccc(C(F)(F)F)n3)nc2c1Cl. The topological polar surface area (TPSA) is 148 Å². The maximum atomic E-state index is 13.4. The summed E-state index contributed by atoms with van der Waals surface area (Å²) >= 11 is 6.51. The average molecular weight is 665 g/mol. The summed E-state index contributed by atoms with van der Waals surface area (Å²) < 4.78 is 52.0. The van der Waals surface area contributed by atoms with Crippen LogP contribution >= 0.6 is 11.6 Å². The van der Waals surface area contributed by atoms with Crippen LogP contribution in [0.15, 0.2) is 42.6 Å². The second kappa shape index (κ2) is 13.1. The van der Waals surface area contributed by atoms with Gasteiger partial charge >= 0.3 is 18.2 Å². The Morgan fingerprint density at radius 1 is 1.22 bits per heavy atom. The Morgan fingerprint density at radius 3 is 2.70 bits per heavy atom. The lowest BCUT2D eigenvalue weighted by molar-refractivity contribution is -0.143. The Kier molecular flexibility index (Phi) is 9.33. The molecule has 0 radical (unpaired) electrons. The van der Waals surface area contributed by atoms with Gasteiger partial charge in [0, 0.05) is 43.6 Å². The van der Waals surface area contributed by atoms with Crippen LogP contribution in [0.1, 0.15) is 37.8 Å². The van der Waals surface area contributed by atoms with Gasteiger partial charge in [-0.2, -0.15) is 18.3 Å². The van der Waals surface area contributed by atoms with Crippen LogP contribution in [0.25, 0.3) is 16.7 Å². The van der Waals surface area contributed by atoms with Crippen molar-refractivity contribution in [1.82, 2.24) is 30.3 Å². The van der Waals surface area contributed by atoms with Crippen LogP contribution in [-0.4, -0.2) is 81.6 Å². The zero-order chi connectivity index (χ0) is 33.2. The van der Waals surface area contributed by atoms with Crippen LogP contribution in [0.3, 0.4) is 0 Å². The molecule has 46 heavy (non-hydrogen) atoms. The third-order valence-electron chi connectivity index (χ3n) is 8.02. The largest absolute Gasteiger partial charge is 0.495 e. The highest BCUT2D eigenvalue weighted by Gasteiger charge is 2.60. The molecule has 1 aliphatic heterocycles. The molecule has 3 heterocycles. The summed E-state index contributed by atoms with van der Waals surface area (Å²) in [5.74, 6) is -1.84. The molecule has 12 nitrogen and oxygen atoms in total. The average Bonchev–Trinajstić information content (AvgIpc) is 3.45. The number of methoxy groups -OCH3 is 1. The Labute approximate surface area is 266 Å². The molecule has 3 amide bonds. The molecule has 1 fully saturated rings. The van der Waals surface area contributed by atoms with Crippen molar-refractivity contribution >= 4 is 40.4 Å². The second-order valence-corrected chi connectivity index (χ2v) is 11.5. The molecule has 1 aromatic carbocycles. The number of aromatic nitrogens is 3. The van der Waals surface area contributed by atoms with Gasteiger partial charge in [-0.25, -0.2) is 19.3 Å². The molecule has 3 atom stereocenters. The highest BCUT2D eigenvalue weighted by molar-refractivity contribution is 6.36. The normalized spacial score (nSPS) is 23.1. The first-order valence-electron chi connectivity index (χ1n) is 14.5. The Bertz CT molecular complexity index is 1680. The van der Waals surface area contributed by atoms with E-state index in [1.807, 2.05) is 12.2 Å². The number of aliphatic carboxylic acids is 1. The van der Waals surface area contributed by atoms with Gasteiger partial charge in [0.05, 0.1) is 19.2 Å². The van der Waals surface area contributed by atoms with Crippen molar-refractivity contribution in [2.24, 2.45) is 5.92 Å². The monoisotopic (exact) mass is 664 g/mol. The second-order valence-electron chi connectivity index (χ2n) is 11.2. The van der Waals surface area contributed by atoms with Gasteiger partial charge in [-0.1, -0.05) is 23.8 Å². The minimum atomic E-state index is -4.68. The van der Waals surface area contributed by atoms with Crippen molar-refractivity contribution in [3.8, 4) is 17.3 Å². The quantitative estimate of drug-likeness (QED) is 0.311. The highest BCUT2D eigenvalue weighted by Crippen LogP contribution is 2.45. The number of carbonyl (C=O) groups is 3. The van der Waals surface area contributed by atoms with E-state index in [0.29, 0.717) is 18.4 Å². The molecular formula is C30H32ClF3N6O6. The van der Waals surface area contributed by atoms with Crippen molar-refractivity contribution < 1.29 is 42.1 Å². The summed E-state index contributed by atoms with van der Waals surface area (Å²) in [7, 11) is 3.00. The lowest BCUT2D eigenvalue weighted by Crippen LogP contribution is -2.55. The van der Waals surface area contributed by atoms with E-state index in [9.17, 15) is 32.7 Å². The molecule has 0 bridgehead atoms. The van der Waals surface area contributed by atoms with Gasteiger partial charge in [0.2, 0.25) is 5.91 Å². The van der Waals surface area contributed by atoms with E-state index in [1.165, 1.54) is 18.1 Å². The smallest absolute Gasteiger partial charge is 0.435 e. The molecule has 3 aromatic rings. The lowest BCUT2D eigenvalue weighted by atomic mass is 10.1. The number of rotatable bonds is 7. The van der Waals surface area contributed by atoms with Gasteiger partial charge in [-0.3, -0.25) is 4.79 Å².